The topological polar surface area (TPSA) is 137 Å². The summed E-state index contributed by atoms with van der Waals surface area (Å²) >= 11 is 0. The van der Waals surface area contributed by atoms with E-state index < -0.39 is 54.1 Å². The lowest BCUT2D eigenvalue weighted by Gasteiger charge is -2.26. The summed E-state index contributed by atoms with van der Waals surface area (Å²) in [7, 11) is 3.27. The van der Waals surface area contributed by atoms with Gasteiger partial charge in [0.25, 0.3) is 0 Å². The molecule has 0 spiro atoms. The van der Waals surface area contributed by atoms with E-state index >= 15 is 0 Å². The molecule has 0 bridgehead atoms. The summed E-state index contributed by atoms with van der Waals surface area (Å²) in [6.07, 6.45) is -0.382. The summed E-state index contributed by atoms with van der Waals surface area (Å²) in [6.45, 7) is 1.25. The van der Waals surface area contributed by atoms with Crippen molar-refractivity contribution in [2.75, 3.05) is 21.3 Å². The van der Waals surface area contributed by atoms with E-state index in [1.165, 1.54) is 6.92 Å². The first kappa shape index (κ1) is 24.6. The summed E-state index contributed by atoms with van der Waals surface area (Å²) in [4.78, 5) is 60.7. The molecule has 0 aliphatic rings. The minimum atomic E-state index is -1.53. The van der Waals surface area contributed by atoms with Gasteiger partial charge in [0, 0.05) is 13.3 Å². The number of esters is 3. The molecule has 0 aromatic heterocycles. The SMILES string of the molecule is COC(=O)C[C@H](C(=O)OC)[C@H](NC(=O)[C@@H](Cc1ccccc1)NC(C)=O)C(=O)OC. The standard InChI is InChI=1S/C20H26N2O8/c1-12(23)21-15(10-13-8-6-5-7-9-13)18(25)22-17(20(27)30-4)14(19(26)29-3)11-16(24)28-2/h5-9,14-15,17H,10-11H2,1-4H3,(H,21,23)(H,22,25)/t14-,15+,17-/m0/s1. The van der Waals surface area contributed by atoms with E-state index in [4.69, 9.17) is 0 Å². The lowest BCUT2D eigenvalue weighted by Crippen LogP contribution is -2.56. The number of nitrogens with one attached hydrogen (secondary N) is 2. The molecule has 0 saturated carbocycles. The van der Waals surface area contributed by atoms with E-state index in [9.17, 15) is 24.0 Å². The second kappa shape index (κ2) is 12.2. The Kier molecular flexibility index (Phi) is 10.0. The van der Waals surface area contributed by atoms with Gasteiger partial charge in [-0.25, -0.2) is 4.79 Å². The van der Waals surface area contributed by atoms with Gasteiger partial charge in [-0.2, -0.15) is 0 Å². The molecule has 0 heterocycles. The van der Waals surface area contributed by atoms with Crippen molar-refractivity contribution in [3.8, 4) is 0 Å². The van der Waals surface area contributed by atoms with Gasteiger partial charge in [0.05, 0.1) is 33.7 Å². The highest BCUT2D eigenvalue weighted by Gasteiger charge is 2.39. The number of carbonyl (C=O) groups excluding carboxylic acids is 5. The molecule has 10 nitrogen and oxygen atoms in total. The Morgan fingerprint density at radius 1 is 0.867 bits per heavy atom. The van der Waals surface area contributed by atoms with Gasteiger partial charge in [-0.15, -0.1) is 0 Å². The van der Waals surface area contributed by atoms with E-state index in [0.717, 1.165) is 26.9 Å². The zero-order valence-corrected chi connectivity index (χ0v) is 17.3. The summed E-state index contributed by atoms with van der Waals surface area (Å²) in [6, 6.07) is 6.34. The molecule has 0 saturated heterocycles. The monoisotopic (exact) mass is 422 g/mol. The maximum Gasteiger partial charge on any atom is 0.329 e. The van der Waals surface area contributed by atoms with Gasteiger partial charge in [0.1, 0.15) is 12.1 Å². The zero-order valence-electron chi connectivity index (χ0n) is 17.3. The van der Waals surface area contributed by atoms with E-state index in [1.54, 1.807) is 30.3 Å². The van der Waals surface area contributed by atoms with Crippen LogP contribution in [0.1, 0.15) is 18.9 Å². The van der Waals surface area contributed by atoms with Crippen LogP contribution in [0.4, 0.5) is 0 Å². The smallest absolute Gasteiger partial charge is 0.329 e. The summed E-state index contributed by atoms with van der Waals surface area (Å²) in [5.41, 5.74) is 0.764. The second-order valence-electron chi connectivity index (χ2n) is 6.36. The molecule has 0 aliphatic heterocycles. The number of hydrogen-bond donors (Lipinski definition) is 2. The number of rotatable bonds is 10. The molecule has 0 fully saturated rings. The van der Waals surface area contributed by atoms with Crippen molar-refractivity contribution in [1.29, 1.82) is 0 Å². The van der Waals surface area contributed by atoms with Crippen LogP contribution < -0.4 is 10.6 Å². The molecule has 2 amide bonds. The first-order valence-electron chi connectivity index (χ1n) is 9.07. The third kappa shape index (κ3) is 7.53. The van der Waals surface area contributed by atoms with Crippen molar-refractivity contribution < 1.29 is 38.2 Å². The number of methoxy groups -OCH3 is 3. The van der Waals surface area contributed by atoms with Crippen molar-refractivity contribution in [3.05, 3.63) is 35.9 Å². The molecular formula is C20H26N2O8. The molecule has 1 rings (SSSR count). The van der Waals surface area contributed by atoms with Crippen LogP contribution in [-0.4, -0.2) is 63.1 Å². The Morgan fingerprint density at radius 2 is 1.47 bits per heavy atom. The molecule has 3 atom stereocenters. The van der Waals surface area contributed by atoms with Crippen molar-refractivity contribution in [2.45, 2.75) is 31.8 Å². The Labute approximate surface area is 174 Å². The number of amides is 2. The van der Waals surface area contributed by atoms with Crippen molar-refractivity contribution >= 4 is 29.7 Å². The van der Waals surface area contributed by atoms with Gasteiger partial charge in [0.15, 0.2) is 0 Å². The molecule has 10 heteroatoms. The molecule has 30 heavy (non-hydrogen) atoms. The van der Waals surface area contributed by atoms with Crippen molar-refractivity contribution in [1.82, 2.24) is 10.6 Å². The maximum atomic E-state index is 12.9. The van der Waals surface area contributed by atoms with E-state index in [-0.39, 0.29) is 6.42 Å². The largest absolute Gasteiger partial charge is 0.469 e. The first-order valence-corrected chi connectivity index (χ1v) is 9.07. The lowest BCUT2D eigenvalue weighted by molar-refractivity contribution is -0.159. The van der Waals surface area contributed by atoms with Gasteiger partial charge in [-0.3, -0.25) is 19.2 Å². The third-order valence-corrected chi connectivity index (χ3v) is 4.25. The lowest BCUT2D eigenvalue weighted by atomic mass is 9.95. The Bertz CT molecular complexity index is 765. The Morgan fingerprint density at radius 3 is 1.97 bits per heavy atom. The minimum absolute atomic E-state index is 0.139. The van der Waals surface area contributed by atoms with Crippen LogP contribution in [0.15, 0.2) is 30.3 Å². The fourth-order valence-electron chi connectivity index (χ4n) is 2.76. The van der Waals surface area contributed by atoms with Gasteiger partial charge < -0.3 is 24.8 Å². The van der Waals surface area contributed by atoms with Crippen molar-refractivity contribution in [2.24, 2.45) is 5.92 Å². The predicted octanol–water partition coefficient (Wildman–Crippen LogP) is -0.256. The Hall–Kier alpha value is -3.43. The fraction of sp³-hybridized carbons (Fsp3) is 0.450. The van der Waals surface area contributed by atoms with E-state index in [2.05, 4.69) is 24.8 Å². The normalized spacial score (nSPS) is 13.2. The number of carbonyl (C=O) groups is 5. The van der Waals surface area contributed by atoms with Gasteiger partial charge in [-0.05, 0) is 5.56 Å². The summed E-state index contributed by atoms with van der Waals surface area (Å²) < 4.78 is 13.9. The molecule has 0 radical (unpaired) electrons. The van der Waals surface area contributed by atoms with Crippen LogP contribution in [-0.2, 0) is 44.6 Å². The molecule has 1 aromatic rings. The highest BCUT2D eigenvalue weighted by atomic mass is 16.5. The third-order valence-electron chi connectivity index (χ3n) is 4.25. The molecule has 1 aromatic carbocycles. The number of hydrogen-bond acceptors (Lipinski definition) is 8. The number of ether oxygens (including phenoxy) is 3. The summed E-state index contributed by atoms with van der Waals surface area (Å²) in [5.74, 6) is -5.22. The van der Waals surface area contributed by atoms with Gasteiger partial charge in [-0.1, -0.05) is 30.3 Å². The first-order chi connectivity index (χ1) is 14.2. The highest BCUT2D eigenvalue weighted by molar-refractivity contribution is 5.94. The molecular weight excluding hydrogens is 396 g/mol. The van der Waals surface area contributed by atoms with Crippen LogP contribution in [0.5, 0.6) is 0 Å². The molecule has 0 aliphatic carbocycles. The summed E-state index contributed by atoms with van der Waals surface area (Å²) in [5, 5.41) is 4.92. The average molecular weight is 422 g/mol. The fourth-order valence-corrected chi connectivity index (χ4v) is 2.76. The van der Waals surface area contributed by atoms with Crippen LogP contribution >= 0.6 is 0 Å². The Balaban J connectivity index is 3.15. The molecule has 0 unspecified atom stereocenters. The maximum absolute atomic E-state index is 12.9. The van der Waals surface area contributed by atoms with Crippen LogP contribution in [0, 0.1) is 5.92 Å². The van der Waals surface area contributed by atoms with Gasteiger partial charge in [0.2, 0.25) is 11.8 Å². The second-order valence-corrected chi connectivity index (χ2v) is 6.36. The molecule has 2 N–H and O–H groups in total. The molecule has 164 valence electrons. The number of benzene rings is 1. The van der Waals surface area contributed by atoms with Crippen LogP contribution in [0.2, 0.25) is 0 Å². The van der Waals surface area contributed by atoms with Crippen molar-refractivity contribution in [3.63, 3.8) is 0 Å². The zero-order chi connectivity index (χ0) is 22.7. The van der Waals surface area contributed by atoms with Crippen LogP contribution in [0.25, 0.3) is 0 Å². The average Bonchev–Trinajstić information content (AvgIpc) is 2.74. The van der Waals surface area contributed by atoms with Gasteiger partial charge >= 0.3 is 17.9 Å². The minimum Gasteiger partial charge on any atom is -0.469 e. The predicted molar refractivity (Wildman–Crippen MR) is 104 cm³/mol. The van der Waals surface area contributed by atoms with Crippen LogP contribution in [0.3, 0.4) is 0 Å². The highest BCUT2D eigenvalue weighted by Crippen LogP contribution is 2.15. The van der Waals surface area contributed by atoms with E-state index in [0.29, 0.717) is 0 Å². The quantitative estimate of drug-likeness (QED) is 0.389. The van der Waals surface area contributed by atoms with E-state index in [1.807, 2.05) is 0 Å².